The summed E-state index contributed by atoms with van der Waals surface area (Å²) in [7, 11) is 0. The van der Waals surface area contributed by atoms with Crippen LogP contribution in [-0.2, 0) is 4.74 Å². The van der Waals surface area contributed by atoms with Crippen LogP contribution in [0.5, 0.6) is 5.75 Å². The van der Waals surface area contributed by atoms with Crippen molar-refractivity contribution in [3.8, 4) is 16.9 Å². The fourth-order valence-corrected chi connectivity index (χ4v) is 7.76. The maximum Gasteiger partial charge on any atom is 0.201 e. The van der Waals surface area contributed by atoms with Crippen LogP contribution >= 0.6 is 0 Å². The van der Waals surface area contributed by atoms with Crippen LogP contribution in [0.25, 0.3) is 11.1 Å². The first-order chi connectivity index (χ1) is 19.6. The van der Waals surface area contributed by atoms with Gasteiger partial charge in [-0.1, -0.05) is 49.3 Å². The van der Waals surface area contributed by atoms with Crippen molar-refractivity contribution in [2.24, 2.45) is 23.7 Å². The van der Waals surface area contributed by atoms with Crippen LogP contribution in [0.4, 0.5) is 8.78 Å². The number of hydrogen-bond acceptors (Lipinski definition) is 2. The monoisotopic (exact) mass is 550 g/mol. The predicted octanol–water partition coefficient (Wildman–Crippen LogP) is 10.3. The maximum atomic E-state index is 14.7. The Morgan fingerprint density at radius 3 is 2.15 bits per heavy atom. The number of benzene rings is 2. The lowest BCUT2D eigenvalue weighted by atomic mass is 9.71. The Kier molecular flexibility index (Phi) is 10.3. The second-order valence-electron chi connectivity index (χ2n) is 12.5. The summed E-state index contributed by atoms with van der Waals surface area (Å²) >= 11 is 0. The quantitative estimate of drug-likeness (QED) is 0.289. The zero-order valence-electron chi connectivity index (χ0n) is 24.6. The van der Waals surface area contributed by atoms with Gasteiger partial charge in [0, 0.05) is 5.56 Å². The Morgan fingerprint density at radius 2 is 1.50 bits per heavy atom. The second-order valence-corrected chi connectivity index (χ2v) is 12.5. The highest BCUT2D eigenvalue weighted by atomic mass is 19.2. The van der Waals surface area contributed by atoms with E-state index in [0.717, 1.165) is 24.4 Å². The van der Waals surface area contributed by atoms with E-state index in [4.69, 9.17) is 9.47 Å². The zero-order valence-corrected chi connectivity index (χ0v) is 24.6. The van der Waals surface area contributed by atoms with Gasteiger partial charge in [-0.15, -0.1) is 0 Å². The minimum absolute atomic E-state index is 0.0343. The van der Waals surface area contributed by atoms with E-state index >= 15 is 0 Å². The van der Waals surface area contributed by atoms with Gasteiger partial charge in [-0.3, -0.25) is 0 Å². The molecule has 3 aliphatic rings. The van der Waals surface area contributed by atoms with E-state index in [1.54, 1.807) is 13.0 Å². The van der Waals surface area contributed by atoms with E-state index in [1.807, 2.05) is 12.1 Å². The molecule has 1 heterocycles. The minimum Gasteiger partial charge on any atom is -0.491 e. The van der Waals surface area contributed by atoms with Crippen LogP contribution in [0.1, 0.15) is 102 Å². The molecule has 0 bridgehead atoms. The zero-order chi connectivity index (χ0) is 27.9. The SMILES string of the molecule is C/C=C/CCC1CCC(C2CCC(C3CCC(c4ccc(-c5ccc(OCC)c(F)c5F)cc4)CC3)OC2)CC1. The lowest BCUT2D eigenvalue weighted by Crippen LogP contribution is -2.37. The maximum absolute atomic E-state index is 14.7. The normalized spacial score (nSPS) is 29.5. The average molecular weight is 551 g/mol. The molecule has 2 saturated carbocycles. The first-order valence-electron chi connectivity index (χ1n) is 16.0. The third-order valence-corrected chi connectivity index (χ3v) is 10.2. The van der Waals surface area contributed by atoms with Crippen LogP contribution < -0.4 is 4.74 Å². The molecule has 4 heteroatoms. The molecular weight excluding hydrogens is 502 g/mol. The highest BCUT2D eigenvalue weighted by Gasteiger charge is 2.35. The molecular formula is C36H48F2O2. The Balaban J connectivity index is 1.07. The molecule has 2 aromatic rings. The highest BCUT2D eigenvalue weighted by Crippen LogP contribution is 2.43. The summed E-state index contributed by atoms with van der Waals surface area (Å²) in [6.45, 7) is 5.16. The van der Waals surface area contributed by atoms with Crippen molar-refractivity contribution < 1.29 is 18.3 Å². The standard InChI is InChI=1S/C36H48F2O2/c1-3-5-6-7-25-8-10-28(11-9-25)31-20-22-33(40-24-31)30-18-14-27(15-19-30)26-12-16-29(17-13-26)32-21-23-34(39-4-2)36(38)35(32)37/h3,5,12-13,16-17,21,23,25,27-28,30-31,33H,4,6-11,14-15,18-20,22,24H2,1-2H3/b5-3+. The largest absolute Gasteiger partial charge is 0.491 e. The molecule has 0 N–H and O–H groups in total. The van der Waals surface area contributed by atoms with Gasteiger partial charge in [-0.05, 0) is 131 Å². The number of rotatable bonds is 9. The molecule has 2 aromatic carbocycles. The van der Waals surface area contributed by atoms with E-state index in [9.17, 15) is 8.78 Å². The Hall–Kier alpha value is -2.20. The van der Waals surface area contributed by atoms with Crippen molar-refractivity contribution in [2.75, 3.05) is 13.2 Å². The van der Waals surface area contributed by atoms with Gasteiger partial charge in [0.25, 0.3) is 0 Å². The van der Waals surface area contributed by atoms with Gasteiger partial charge in [0.1, 0.15) is 0 Å². The van der Waals surface area contributed by atoms with Gasteiger partial charge in [-0.25, -0.2) is 4.39 Å². The molecule has 2 nitrogen and oxygen atoms in total. The lowest BCUT2D eigenvalue weighted by molar-refractivity contribution is -0.0724. The molecule has 5 rings (SSSR count). The Labute approximate surface area is 240 Å². The number of hydrogen-bond donors (Lipinski definition) is 0. The molecule has 40 heavy (non-hydrogen) atoms. The van der Waals surface area contributed by atoms with Crippen LogP contribution in [0.15, 0.2) is 48.6 Å². The van der Waals surface area contributed by atoms with E-state index in [0.29, 0.717) is 30.1 Å². The summed E-state index contributed by atoms with van der Waals surface area (Å²) < 4.78 is 40.8. The topological polar surface area (TPSA) is 18.5 Å². The number of allylic oxidation sites excluding steroid dienone is 2. The molecule has 0 amide bonds. The van der Waals surface area contributed by atoms with Gasteiger partial charge >= 0.3 is 0 Å². The minimum atomic E-state index is -0.916. The van der Waals surface area contributed by atoms with Crippen LogP contribution in [-0.4, -0.2) is 19.3 Å². The highest BCUT2D eigenvalue weighted by molar-refractivity contribution is 5.65. The first-order valence-corrected chi connectivity index (χ1v) is 16.0. The van der Waals surface area contributed by atoms with Crippen LogP contribution in [0.3, 0.4) is 0 Å². The third-order valence-electron chi connectivity index (χ3n) is 10.2. The van der Waals surface area contributed by atoms with Gasteiger partial charge in [0.2, 0.25) is 5.82 Å². The molecule has 0 aromatic heterocycles. The first kappa shape index (κ1) is 29.3. The van der Waals surface area contributed by atoms with Crippen molar-refractivity contribution in [3.05, 3.63) is 65.7 Å². The average Bonchev–Trinajstić information content (AvgIpc) is 3.01. The molecule has 3 fully saturated rings. The molecule has 218 valence electrons. The molecule has 0 spiro atoms. The van der Waals surface area contributed by atoms with Crippen molar-refractivity contribution in [1.82, 2.24) is 0 Å². The third kappa shape index (κ3) is 6.98. The molecule has 1 aliphatic heterocycles. The van der Waals surface area contributed by atoms with Crippen molar-refractivity contribution in [3.63, 3.8) is 0 Å². The Bertz CT molecular complexity index is 1090. The van der Waals surface area contributed by atoms with Crippen LogP contribution in [0, 0.1) is 35.3 Å². The van der Waals surface area contributed by atoms with Crippen molar-refractivity contribution in [1.29, 1.82) is 0 Å². The molecule has 2 unspecified atom stereocenters. The lowest BCUT2D eigenvalue weighted by Gasteiger charge is -2.41. The fraction of sp³-hybridized carbons (Fsp3) is 0.611. The summed E-state index contributed by atoms with van der Waals surface area (Å²) in [5.74, 6) is 2.01. The molecule has 1 saturated heterocycles. The Morgan fingerprint density at radius 1 is 0.800 bits per heavy atom. The van der Waals surface area contributed by atoms with E-state index in [-0.39, 0.29) is 11.3 Å². The molecule has 2 atom stereocenters. The van der Waals surface area contributed by atoms with Gasteiger partial charge in [-0.2, -0.15) is 4.39 Å². The number of ether oxygens (including phenoxy) is 2. The summed E-state index contributed by atoms with van der Waals surface area (Å²) in [6.07, 6.45) is 20.6. The van der Waals surface area contributed by atoms with Gasteiger partial charge in [0.15, 0.2) is 11.6 Å². The summed E-state index contributed by atoms with van der Waals surface area (Å²) in [5, 5.41) is 0. The summed E-state index contributed by atoms with van der Waals surface area (Å²) in [6, 6.07) is 11.2. The van der Waals surface area contributed by atoms with Gasteiger partial charge < -0.3 is 9.47 Å². The van der Waals surface area contributed by atoms with E-state index < -0.39 is 11.6 Å². The van der Waals surface area contributed by atoms with Crippen molar-refractivity contribution >= 4 is 0 Å². The predicted molar refractivity (Wildman–Crippen MR) is 160 cm³/mol. The summed E-state index contributed by atoms with van der Waals surface area (Å²) in [5.41, 5.74) is 2.28. The summed E-state index contributed by atoms with van der Waals surface area (Å²) in [4.78, 5) is 0. The van der Waals surface area contributed by atoms with E-state index in [2.05, 4.69) is 31.2 Å². The fourth-order valence-electron chi connectivity index (χ4n) is 7.76. The van der Waals surface area contributed by atoms with E-state index in [1.165, 1.54) is 88.7 Å². The molecule has 2 aliphatic carbocycles. The smallest absolute Gasteiger partial charge is 0.201 e. The van der Waals surface area contributed by atoms with Crippen LogP contribution in [0.2, 0.25) is 0 Å². The van der Waals surface area contributed by atoms with Gasteiger partial charge in [0.05, 0.1) is 19.3 Å². The second kappa shape index (κ2) is 14.1. The van der Waals surface area contributed by atoms with Crippen molar-refractivity contribution in [2.45, 2.75) is 103 Å². The molecule has 0 radical (unpaired) electrons. The number of halogens is 2.